The monoisotopic (exact) mass is 369 g/mol. The van der Waals surface area contributed by atoms with Crippen molar-refractivity contribution in [2.24, 2.45) is 0 Å². The number of hydrogen-bond donors (Lipinski definition) is 2. The average Bonchev–Trinajstić information content (AvgIpc) is 2.55. The van der Waals surface area contributed by atoms with E-state index in [0.29, 0.717) is 10.6 Å². The fraction of sp³-hybridized carbons (Fsp3) is 0.0714. The van der Waals surface area contributed by atoms with Crippen LogP contribution in [-0.2, 0) is 21.2 Å². The van der Waals surface area contributed by atoms with Crippen LogP contribution in [0.3, 0.4) is 0 Å². The number of amides is 1. The van der Waals surface area contributed by atoms with Crippen LogP contribution < -0.4 is 10.3 Å². The number of carbonyl (C=O) groups excluding carboxylic acids is 1. The highest BCUT2D eigenvalue weighted by Gasteiger charge is 2.25. The fourth-order valence-electron chi connectivity index (χ4n) is 1.85. The second-order valence-corrected chi connectivity index (χ2v) is 6.77. The summed E-state index contributed by atoms with van der Waals surface area (Å²) in [5, 5.41) is 11.4. The quantitative estimate of drug-likeness (QED) is 0.594. The Labute approximate surface area is 142 Å². The molecule has 2 aromatic rings. The summed E-state index contributed by atoms with van der Waals surface area (Å²) in [5.41, 5.74) is 2.06. The van der Waals surface area contributed by atoms with E-state index in [1.807, 2.05) is 10.3 Å². The lowest BCUT2D eigenvalue weighted by Crippen LogP contribution is -2.42. The fourth-order valence-corrected chi connectivity index (χ4v) is 3.01. The van der Waals surface area contributed by atoms with Gasteiger partial charge in [0.05, 0.1) is 11.3 Å². The highest BCUT2D eigenvalue weighted by atomic mass is 35.5. The number of hydrazine groups is 1. The maximum atomic E-state index is 12.1. The van der Waals surface area contributed by atoms with Gasteiger partial charge in [0.2, 0.25) is 5.91 Å². The van der Waals surface area contributed by atoms with Crippen molar-refractivity contribution in [3.05, 3.63) is 69.2 Å². The van der Waals surface area contributed by atoms with Gasteiger partial charge in [0.1, 0.15) is 0 Å². The number of sulfonamides is 1. The second kappa shape index (κ2) is 7.39. The molecule has 1 amide bonds. The summed E-state index contributed by atoms with van der Waals surface area (Å²) in [6.45, 7) is 0. The molecule has 0 bridgehead atoms. The van der Waals surface area contributed by atoms with Gasteiger partial charge >= 0.3 is 0 Å². The number of benzene rings is 2. The molecule has 0 atom stereocenters. The first-order valence-electron chi connectivity index (χ1n) is 6.58. The van der Waals surface area contributed by atoms with E-state index in [0.717, 1.165) is 12.1 Å². The van der Waals surface area contributed by atoms with Crippen molar-refractivity contribution in [1.29, 1.82) is 0 Å². The number of hydrogen-bond acceptors (Lipinski definition) is 5. The zero-order valence-electron chi connectivity index (χ0n) is 12.1. The summed E-state index contributed by atoms with van der Waals surface area (Å²) in [5.74, 6) is -0.625. The number of nitrogens with zero attached hydrogens (tertiary/aromatic N) is 1. The van der Waals surface area contributed by atoms with Crippen LogP contribution in [0.5, 0.6) is 0 Å². The summed E-state index contributed by atoms with van der Waals surface area (Å²) < 4.78 is 24.2. The minimum absolute atomic E-state index is 0.0867. The van der Waals surface area contributed by atoms with Crippen molar-refractivity contribution >= 4 is 33.2 Å². The van der Waals surface area contributed by atoms with E-state index in [1.54, 1.807) is 24.3 Å². The van der Waals surface area contributed by atoms with Crippen LogP contribution in [0.15, 0.2) is 53.4 Å². The maximum absolute atomic E-state index is 12.1. The molecular formula is C14H12ClN3O5S. The molecule has 0 unspecified atom stereocenters. The number of nitro groups is 1. The minimum atomic E-state index is -4.27. The molecule has 0 saturated heterocycles. The smallest absolute Gasteiger partial charge is 0.277 e. The molecule has 0 radical (unpaired) electrons. The third-order valence-corrected chi connectivity index (χ3v) is 4.50. The molecule has 10 heteroatoms. The van der Waals surface area contributed by atoms with Gasteiger partial charge in [-0.25, -0.2) is 8.42 Å². The predicted octanol–water partition coefficient (Wildman–Crippen LogP) is 1.80. The van der Waals surface area contributed by atoms with Crippen molar-refractivity contribution in [3.63, 3.8) is 0 Å². The van der Waals surface area contributed by atoms with E-state index in [9.17, 15) is 23.3 Å². The molecule has 0 saturated carbocycles. The van der Waals surface area contributed by atoms with Gasteiger partial charge < -0.3 is 0 Å². The molecule has 8 nitrogen and oxygen atoms in total. The Morgan fingerprint density at radius 3 is 2.38 bits per heavy atom. The van der Waals surface area contributed by atoms with Gasteiger partial charge in [-0.2, -0.15) is 0 Å². The van der Waals surface area contributed by atoms with E-state index in [-0.39, 0.29) is 6.42 Å². The molecule has 2 N–H and O–H groups in total. The van der Waals surface area contributed by atoms with Crippen LogP contribution in [0.2, 0.25) is 5.02 Å². The normalized spacial score (nSPS) is 11.0. The van der Waals surface area contributed by atoms with E-state index in [2.05, 4.69) is 0 Å². The van der Waals surface area contributed by atoms with E-state index in [4.69, 9.17) is 11.6 Å². The molecule has 0 heterocycles. The largest absolute Gasteiger partial charge is 0.289 e. The highest BCUT2D eigenvalue weighted by molar-refractivity contribution is 7.89. The van der Waals surface area contributed by atoms with Crippen molar-refractivity contribution in [3.8, 4) is 0 Å². The molecule has 126 valence electrons. The molecule has 0 fully saturated rings. The van der Waals surface area contributed by atoms with Crippen LogP contribution in [0.25, 0.3) is 0 Å². The Balaban J connectivity index is 2.06. The summed E-state index contributed by atoms with van der Waals surface area (Å²) in [6, 6.07) is 11.3. The van der Waals surface area contributed by atoms with E-state index < -0.39 is 31.4 Å². The summed E-state index contributed by atoms with van der Waals surface area (Å²) >= 11 is 5.73. The van der Waals surface area contributed by atoms with Crippen molar-refractivity contribution in [1.82, 2.24) is 10.3 Å². The Morgan fingerprint density at radius 1 is 1.12 bits per heavy atom. The van der Waals surface area contributed by atoms with Crippen LogP contribution in [0, 0.1) is 10.1 Å². The Hall–Kier alpha value is -2.49. The third kappa shape index (κ3) is 4.51. The lowest BCUT2D eigenvalue weighted by atomic mass is 10.1. The molecule has 0 aliphatic heterocycles. The summed E-state index contributed by atoms with van der Waals surface area (Å²) in [6.07, 6.45) is -0.0867. The first-order chi connectivity index (χ1) is 11.3. The zero-order valence-corrected chi connectivity index (χ0v) is 13.7. The SMILES string of the molecule is O=C(Cc1ccc(Cl)cc1)NNS(=O)(=O)c1ccccc1[N+](=O)[O-]. The van der Waals surface area contributed by atoms with Gasteiger partial charge in [-0.05, 0) is 23.8 Å². The molecule has 0 aliphatic carbocycles. The van der Waals surface area contributed by atoms with Crippen molar-refractivity contribution in [2.75, 3.05) is 0 Å². The second-order valence-electron chi connectivity index (χ2n) is 4.68. The van der Waals surface area contributed by atoms with Gasteiger partial charge in [-0.1, -0.05) is 35.9 Å². The van der Waals surface area contributed by atoms with Gasteiger partial charge in [0.25, 0.3) is 15.7 Å². The van der Waals surface area contributed by atoms with Crippen LogP contribution in [0.1, 0.15) is 5.56 Å². The topological polar surface area (TPSA) is 118 Å². The number of para-hydroxylation sites is 1. The molecule has 0 spiro atoms. The molecular weight excluding hydrogens is 358 g/mol. The zero-order chi connectivity index (χ0) is 17.7. The lowest BCUT2D eigenvalue weighted by molar-refractivity contribution is -0.387. The molecule has 2 rings (SSSR count). The first kappa shape index (κ1) is 17.9. The summed E-state index contributed by atoms with van der Waals surface area (Å²) in [7, 11) is -4.27. The van der Waals surface area contributed by atoms with E-state index >= 15 is 0 Å². The third-order valence-electron chi connectivity index (χ3n) is 2.95. The Kier molecular flexibility index (Phi) is 5.50. The van der Waals surface area contributed by atoms with Gasteiger partial charge in [0, 0.05) is 11.1 Å². The number of carbonyl (C=O) groups is 1. The standard InChI is InChI=1S/C14H12ClN3O5S/c15-11-7-5-10(6-8-11)9-14(19)16-17-24(22,23)13-4-2-1-3-12(13)18(20)21/h1-8,17H,9H2,(H,16,19). The van der Waals surface area contributed by atoms with Gasteiger partial charge in [-0.15, -0.1) is 4.83 Å². The molecule has 0 aliphatic rings. The first-order valence-corrected chi connectivity index (χ1v) is 8.44. The number of nitro benzene ring substituents is 1. The predicted molar refractivity (Wildman–Crippen MR) is 86.7 cm³/mol. The van der Waals surface area contributed by atoms with Crippen molar-refractivity contribution < 1.29 is 18.1 Å². The number of nitrogens with one attached hydrogen (secondary N) is 2. The maximum Gasteiger partial charge on any atom is 0.289 e. The molecule has 2 aromatic carbocycles. The van der Waals surface area contributed by atoms with Crippen molar-refractivity contribution in [2.45, 2.75) is 11.3 Å². The Bertz CT molecular complexity index is 868. The van der Waals surface area contributed by atoms with Gasteiger partial charge in [-0.3, -0.25) is 20.3 Å². The highest BCUT2D eigenvalue weighted by Crippen LogP contribution is 2.22. The average molecular weight is 370 g/mol. The molecule has 0 aromatic heterocycles. The number of rotatable bonds is 6. The Morgan fingerprint density at radius 2 is 1.75 bits per heavy atom. The van der Waals surface area contributed by atoms with E-state index in [1.165, 1.54) is 12.1 Å². The molecule has 24 heavy (non-hydrogen) atoms. The number of halogens is 1. The van der Waals surface area contributed by atoms with Gasteiger partial charge in [0.15, 0.2) is 4.90 Å². The van der Waals surface area contributed by atoms with Crippen LogP contribution in [0.4, 0.5) is 5.69 Å². The van der Waals surface area contributed by atoms with Crippen LogP contribution in [-0.4, -0.2) is 19.2 Å². The minimum Gasteiger partial charge on any atom is -0.277 e. The lowest BCUT2D eigenvalue weighted by Gasteiger charge is -2.09. The summed E-state index contributed by atoms with van der Waals surface area (Å²) in [4.78, 5) is 23.2. The van der Waals surface area contributed by atoms with Crippen LogP contribution >= 0.6 is 11.6 Å².